The summed E-state index contributed by atoms with van der Waals surface area (Å²) >= 11 is 2.36. The molecular weight excluding hydrogens is 551 g/mol. The van der Waals surface area contributed by atoms with E-state index in [1.165, 1.54) is 13.9 Å². The summed E-state index contributed by atoms with van der Waals surface area (Å²) in [5.74, 6) is 1.33. The molecule has 1 N–H and O–H groups in total. The molecule has 4 nitrogen and oxygen atoms in total. The Hall–Kier alpha value is -2.68. The molecule has 6 heteroatoms. The van der Waals surface area contributed by atoms with Gasteiger partial charge in [0.1, 0.15) is 6.61 Å². The second kappa shape index (κ2) is 9.17. The summed E-state index contributed by atoms with van der Waals surface area (Å²) in [6.07, 6.45) is 3.79. The molecule has 34 heavy (non-hydrogen) atoms. The predicted molar refractivity (Wildman–Crippen MR) is 149 cm³/mol. The zero-order chi connectivity index (χ0) is 23.8. The average Bonchev–Trinajstić information content (AvgIpc) is 3.48. The number of aromatic amines is 1. The van der Waals surface area contributed by atoms with E-state index in [-0.39, 0.29) is 5.04 Å². The number of nitrogens with one attached hydrogen (secondary N) is 1. The van der Waals surface area contributed by atoms with Gasteiger partial charge in [-0.2, -0.15) is 0 Å². The molecule has 5 aromatic rings. The van der Waals surface area contributed by atoms with Crippen molar-refractivity contribution in [2.45, 2.75) is 32.4 Å². The Morgan fingerprint density at radius 2 is 1.56 bits per heavy atom. The maximum absolute atomic E-state index is 6.97. The quantitative estimate of drug-likeness (QED) is 0.185. The van der Waals surface area contributed by atoms with E-state index in [9.17, 15) is 0 Å². The number of hydrogen-bond acceptors (Lipinski definition) is 3. The lowest BCUT2D eigenvalue weighted by Gasteiger charge is -2.42. The van der Waals surface area contributed by atoms with Crippen molar-refractivity contribution in [3.05, 3.63) is 101 Å². The highest BCUT2D eigenvalue weighted by Gasteiger charge is 2.50. The zero-order valence-corrected chi connectivity index (χ0v) is 22.7. The summed E-state index contributed by atoms with van der Waals surface area (Å²) in [6.45, 7) is 7.13. The minimum atomic E-state index is -2.65. The van der Waals surface area contributed by atoms with Crippen LogP contribution in [0.15, 0.2) is 95.7 Å². The minimum absolute atomic E-state index is 0.0991. The number of aromatic nitrogens is 2. The van der Waals surface area contributed by atoms with Gasteiger partial charge in [-0.1, -0.05) is 87.5 Å². The van der Waals surface area contributed by atoms with Gasteiger partial charge < -0.3 is 13.8 Å². The molecule has 0 aliphatic rings. The molecule has 0 saturated carbocycles. The third kappa shape index (κ3) is 4.04. The van der Waals surface area contributed by atoms with Gasteiger partial charge in [0.15, 0.2) is 5.76 Å². The molecule has 0 radical (unpaired) electrons. The molecule has 0 amide bonds. The van der Waals surface area contributed by atoms with Crippen LogP contribution in [0.25, 0.3) is 22.2 Å². The number of benzene rings is 3. The lowest BCUT2D eigenvalue weighted by atomic mass is 10.1. The van der Waals surface area contributed by atoms with Crippen LogP contribution in [-0.2, 0) is 11.0 Å². The number of nitrogens with zero attached hydrogens (tertiary/aromatic N) is 1. The number of rotatable bonds is 6. The van der Waals surface area contributed by atoms with Crippen LogP contribution in [-0.4, -0.2) is 18.3 Å². The summed E-state index contributed by atoms with van der Waals surface area (Å²) in [5.41, 5.74) is 2.10. The molecular formula is C28H27IN2O2Si. The molecule has 0 bridgehead atoms. The van der Waals surface area contributed by atoms with Gasteiger partial charge in [0.25, 0.3) is 8.32 Å². The van der Waals surface area contributed by atoms with Crippen LogP contribution in [0.2, 0.25) is 5.04 Å². The van der Waals surface area contributed by atoms with Crippen LogP contribution in [0.4, 0.5) is 0 Å². The van der Waals surface area contributed by atoms with Crippen LogP contribution in [0.1, 0.15) is 26.7 Å². The lowest BCUT2D eigenvalue weighted by Crippen LogP contribution is -2.66. The molecule has 2 aromatic heterocycles. The summed E-state index contributed by atoms with van der Waals surface area (Å²) in [4.78, 5) is 7.93. The molecule has 0 unspecified atom stereocenters. The molecule has 3 aromatic carbocycles. The van der Waals surface area contributed by atoms with Crippen LogP contribution >= 0.6 is 22.6 Å². The van der Waals surface area contributed by atoms with Gasteiger partial charge in [-0.15, -0.1) is 0 Å². The maximum Gasteiger partial charge on any atom is 0.261 e. The van der Waals surface area contributed by atoms with E-state index in [1.807, 2.05) is 12.3 Å². The number of halogens is 1. The van der Waals surface area contributed by atoms with E-state index >= 15 is 0 Å². The van der Waals surface area contributed by atoms with Crippen LogP contribution in [0, 0.1) is 3.57 Å². The number of oxazole rings is 1. The van der Waals surface area contributed by atoms with Gasteiger partial charge in [0.2, 0.25) is 5.89 Å². The Morgan fingerprint density at radius 3 is 2.18 bits per heavy atom. The van der Waals surface area contributed by atoms with Gasteiger partial charge in [0.05, 0.1) is 6.20 Å². The molecule has 0 aliphatic carbocycles. The summed E-state index contributed by atoms with van der Waals surface area (Å²) < 4.78 is 14.4. The zero-order valence-electron chi connectivity index (χ0n) is 19.5. The second-order valence-electron chi connectivity index (χ2n) is 9.43. The number of H-pyrrole nitrogens is 1. The maximum atomic E-state index is 6.97. The summed E-state index contributed by atoms with van der Waals surface area (Å²) in [6, 6.07) is 27.5. The molecule has 0 atom stereocenters. The van der Waals surface area contributed by atoms with Gasteiger partial charge in [0, 0.05) is 26.2 Å². The molecule has 0 aliphatic heterocycles. The van der Waals surface area contributed by atoms with Crippen molar-refractivity contribution in [2.24, 2.45) is 0 Å². The van der Waals surface area contributed by atoms with Gasteiger partial charge >= 0.3 is 0 Å². The van der Waals surface area contributed by atoms with Crippen molar-refractivity contribution >= 4 is 52.2 Å². The minimum Gasteiger partial charge on any atom is -0.438 e. The molecule has 0 spiro atoms. The van der Waals surface area contributed by atoms with Crippen molar-refractivity contribution in [2.75, 3.05) is 0 Å². The third-order valence-electron chi connectivity index (χ3n) is 6.30. The fraction of sp³-hybridized carbons (Fsp3) is 0.179. The van der Waals surface area contributed by atoms with E-state index in [2.05, 4.69) is 126 Å². The predicted octanol–water partition coefficient (Wildman–Crippen LogP) is 6.50. The Balaban J connectivity index is 1.52. The van der Waals surface area contributed by atoms with Crippen molar-refractivity contribution in [1.29, 1.82) is 0 Å². The van der Waals surface area contributed by atoms with Crippen molar-refractivity contribution < 1.29 is 8.84 Å². The van der Waals surface area contributed by atoms with E-state index in [4.69, 9.17) is 8.84 Å². The highest BCUT2D eigenvalue weighted by molar-refractivity contribution is 14.1. The fourth-order valence-electron chi connectivity index (χ4n) is 4.77. The second-order valence-corrected chi connectivity index (χ2v) is 14.9. The Bertz CT molecular complexity index is 1370. The molecule has 0 fully saturated rings. The van der Waals surface area contributed by atoms with Gasteiger partial charge in [-0.3, -0.25) is 0 Å². The SMILES string of the molecule is CC(C)(C)[Si](OCc1ncc(-c2c[nH]c3cccc(I)c23)o1)(c1ccccc1)c1ccccc1. The Morgan fingerprint density at radius 1 is 0.912 bits per heavy atom. The first-order valence-electron chi connectivity index (χ1n) is 11.4. The lowest BCUT2D eigenvalue weighted by molar-refractivity contribution is 0.249. The molecule has 172 valence electrons. The van der Waals surface area contributed by atoms with Gasteiger partial charge in [-0.25, -0.2) is 4.98 Å². The smallest absolute Gasteiger partial charge is 0.261 e. The van der Waals surface area contributed by atoms with E-state index in [0.717, 1.165) is 22.2 Å². The standard InChI is InChI=1S/C28H27IN2O2Si/c1-28(2,3)34(20-11-6-4-7-12-20,21-13-8-5-9-14-21)32-19-26-31-18-25(33-26)22-17-30-24-16-10-15-23(29)27(22)24/h4-18,30H,19H2,1-3H3. The number of fused-ring (bicyclic) bond motifs is 1. The first-order chi connectivity index (χ1) is 16.4. The highest BCUT2D eigenvalue weighted by atomic mass is 127. The van der Waals surface area contributed by atoms with Crippen molar-refractivity contribution in [1.82, 2.24) is 9.97 Å². The average molecular weight is 579 g/mol. The molecule has 0 saturated heterocycles. The van der Waals surface area contributed by atoms with Crippen LogP contribution in [0.5, 0.6) is 0 Å². The normalized spacial score (nSPS) is 12.4. The van der Waals surface area contributed by atoms with Crippen LogP contribution < -0.4 is 10.4 Å². The molecule has 2 heterocycles. The summed E-state index contributed by atoms with van der Waals surface area (Å²) in [7, 11) is -2.65. The Kier molecular flexibility index (Phi) is 6.22. The molecule has 5 rings (SSSR count). The first kappa shape index (κ1) is 23.1. The highest BCUT2D eigenvalue weighted by Crippen LogP contribution is 2.38. The van der Waals surface area contributed by atoms with Crippen molar-refractivity contribution in [3.8, 4) is 11.3 Å². The number of hydrogen-bond donors (Lipinski definition) is 1. The van der Waals surface area contributed by atoms with E-state index in [0.29, 0.717) is 12.5 Å². The first-order valence-corrected chi connectivity index (χ1v) is 14.3. The topological polar surface area (TPSA) is 51.0 Å². The van der Waals surface area contributed by atoms with E-state index < -0.39 is 8.32 Å². The third-order valence-corrected chi connectivity index (χ3v) is 12.2. The van der Waals surface area contributed by atoms with Gasteiger partial charge in [-0.05, 0) is 50.1 Å². The fourth-order valence-corrected chi connectivity index (χ4v) is 10.1. The monoisotopic (exact) mass is 578 g/mol. The van der Waals surface area contributed by atoms with Crippen molar-refractivity contribution in [3.63, 3.8) is 0 Å². The van der Waals surface area contributed by atoms with Crippen LogP contribution in [0.3, 0.4) is 0 Å². The summed E-state index contributed by atoms with van der Waals surface area (Å²) in [5, 5.41) is 3.54. The Labute approximate surface area is 214 Å². The van der Waals surface area contributed by atoms with E-state index in [1.54, 1.807) is 6.20 Å². The largest absolute Gasteiger partial charge is 0.438 e.